The number of hydrogen-bond donors (Lipinski definition) is 2. The maximum Gasteiger partial charge on any atom is 0.222 e. The van der Waals surface area contributed by atoms with Crippen LogP contribution >= 0.6 is 0 Å². The van der Waals surface area contributed by atoms with E-state index < -0.39 is 0 Å². The zero-order chi connectivity index (χ0) is 13.9. The lowest BCUT2D eigenvalue weighted by atomic mass is 10.0. The van der Waals surface area contributed by atoms with Crippen LogP contribution < -0.4 is 15.8 Å². The first kappa shape index (κ1) is 12.7. The van der Waals surface area contributed by atoms with Crippen molar-refractivity contribution in [3.05, 3.63) is 29.8 Å². The number of nitrogens with one attached hydrogen (secondary N) is 1. The molecule has 1 aromatic carbocycles. The van der Waals surface area contributed by atoms with Gasteiger partial charge < -0.3 is 15.8 Å². The molecular weight excluding hydrogens is 252 g/mol. The van der Waals surface area contributed by atoms with Gasteiger partial charge in [-0.2, -0.15) is 4.98 Å². The Kier molecular flexibility index (Phi) is 3.41. The summed E-state index contributed by atoms with van der Waals surface area (Å²) in [5, 5.41) is 3.34. The zero-order valence-corrected chi connectivity index (χ0v) is 11.5. The van der Waals surface area contributed by atoms with E-state index in [1.807, 2.05) is 24.3 Å². The fraction of sp³-hybridized carbons (Fsp3) is 0.333. The van der Waals surface area contributed by atoms with Crippen LogP contribution in [0.3, 0.4) is 0 Å². The number of nitrogens with two attached hydrogens (primary N) is 1. The van der Waals surface area contributed by atoms with Gasteiger partial charge in [-0.1, -0.05) is 0 Å². The molecule has 0 saturated carbocycles. The van der Waals surface area contributed by atoms with Crippen molar-refractivity contribution in [3.63, 3.8) is 0 Å². The van der Waals surface area contributed by atoms with Crippen molar-refractivity contribution in [1.29, 1.82) is 0 Å². The van der Waals surface area contributed by atoms with Gasteiger partial charge in [0.1, 0.15) is 11.6 Å². The third kappa shape index (κ3) is 2.39. The Labute approximate surface area is 118 Å². The van der Waals surface area contributed by atoms with Gasteiger partial charge in [0.2, 0.25) is 5.95 Å². The summed E-state index contributed by atoms with van der Waals surface area (Å²) in [6.07, 6.45) is 3.25. The molecule has 3 rings (SSSR count). The third-order valence-electron chi connectivity index (χ3n) is 3.53. The largest absolute Gasteiger partial charge is 0.497 e. The summed E-state index contributed by atoms with van der Waals surface area (Å²) in [7, 11) is 1.66. The summed E-state index contributed by atoms with van der Waals surface area (Å²) in [5.74, 6) is 2.02. The van der Waals surface area contributed by atoms with Crippen LogP contribution in [0, 0.1) is 0 Å². The normalized spacial score (nSPS) is 14.1. The van der Waals surface area contributed by atoms with E-state index in [0.717, 1.165) is 54.2 Å². The lowest BCUT2D eigenvalue weighted by molar-refractivity contribution is 0.415. The molecule has 104 valence electrons. The van der Waals surface area contributed by atoms with E-state index in [2.05, 4.69) is 15.3 Å². The molecule has 1 aliphatic rings. The van der Waals surface area contributed by atoms with Crippen molar-refractivity contribution in [2.24, 2.45) is 0 Å². The van der Waals surface area contributed by atoms with Crippen molar-refractivity contribution in [2.45, 2.75) is 19.3 Å². The second-order valence-corrected chi connectivity index (χ2v) is 4.87. The zero-order valence-electron chi connectivity index (χ0n) is 11.5. The van der Waals surface area contributed by atoms with E-state index in [1.165, 1.54) is 0 Å². The first-order valence-corrected chi connectivity index (χ1v) is 6.82. The molecular formula is C15H18N4O. The monoisotopic (exact) mass is 270 g/mol. The molecule has 2 aromatic rings. The van der Waals surface area contributed by atoms with Gasteiger partial charge in [0.05, 0.1) is 12.8 Å². The van der Waals surface area contributed by atoms with Gasteiger partial charge in [-0.25, -0.2) is 4.98 Å². The van der Waals surface area contributed by atoms with Crippen LogP contribution in [0.1, 0.15) is 18.4 Å². The SMILES string of the molecule is COc1ccc(-c2nc(N)nc3c2CCCCN3)cc1. The molecule has 5 nitrogen and oxygen atoms in total. The number of fused-ring (bicyclic) bond motifs is 1. The molecule has 0 amide bonds. The summed E-state index contributed by atoms with van der Waals surface area (Å²) >= 11 is 0. The number of hydrogen-bond acceptors (Lipinski definition) is 5. The number of benzene rings is 1. The van der Waals surface area contributed by atoms with E-state index in [1.54, 1.807) is 7.11 Å². The molecule has 3 N–H and O–H groups in total. The van der Waals surface area contributed by atoms with Crippen LogP contribution in [-0.4, -0.2) is 23.6 Å². The first-order chi connectivity index (χ1) is 9.78. The predicted molar refractivity (Wildman–Crippen MR) is 79.9 cm³/mol. The third-order valence-corrected chi connectivity index (χ3v) is 3.53. The van der Waals surface area contributed by atoms with E-state index in [9.17, 15) is 0 Å². The Balaban J connectivity index is 2.09. The smallest absolute Gasteiger partial charge is 0.222 e. The highest BCUT2D eigenvalue weighted by atomic mass is 16.5. The second kappa shape index (κ2) is 5.36. The number of nitrogens with zero attached hydrogens (tertiary/aromatic N) is 2. The minimum atomic E-state index is 0.309. The van der Waals surface area contributed by atoms with E-state index in [-0.39, 0.29) is 0 Å². The molecule has 0 fully saturated rings. The molecule has 0 saturated heterocycles. The van der Waals surface area contributed by atoms with Gasteiger partial charge in [-0.15, -0.1) is 0 Å². The van der Waals surface area contributed by atoms with Crippen molar-refractivity contribution in [1.82, 2.24) is 9.97 Å². The maximum atomic E-state index is 5.84. The molecule has 0 spiro atoms. The fourth-order valence-corrected chi connectivity index (χ4v) is 2.51. The van der Waals surface area contributed by atoms with E-state index >= 15 is 0 Å². The number of nitrogen functional groups attached to an aromatic ring is 1. The molecule has 0 aliphatic carbocycles. The van der Waals surface area contributed by atoms with Crippen LogP contribution in [0.2, 0.25) is 0 Å². The minimum Gasteiger partial charge on any atom is -0.497 e. The Morgan fingerprint density at radius 3 is 2.70 bits per heavy atom. The molecule has 0 atom stereocenters. The summed E-state index contributed by atoms with van der Waals surface area (Å²) in [6.45, 7) is 0.936. The van der Waals surface area contributed by atoms with Crippen LogP contribution in [0.15, 0.2) is 24.3 Å². The van der Waals surface area contributed by atoms with Crippen molar-refractivity contribution < 1.29 is 4.74 Å². The van der Waals surface area contributed by atoms with Gasteiger partial charge in [-0.05, 0) is 43.5 Å². The Morgan fingerprint density at radius 2 is 1.95 bits per heavy atom. The quantitative estimate of drug-likeness (QED) is 0.877. The van der Waals surface area contributed by atoms with E-state index in [0.29, 0.717) is 5.95 Å². The number of anilines is 2. The van der Waals surface area contributed by atoms with Crippen molar-refractivity contribution in [3.8, 4) is 17.0 Å². The van der Waals surface area contributed by atoms with Crippen molar-refractivity contribution >= 4 is 11.8 Å². The maximum absolute atomic E-state index is 5.84. The highest BCUT2D eigenvalue weighted by molar-refractivity contribution is 5.70. The molecule has 0 bridgehead atoms. The Morgan fingerprint density at radius 1 is 1.15 bits per heavy atom. The number of ether oxygens (including phenoxy) is 1. The van der Waals surface area contributed by atoms with Crippen LogP contribution in [0.5, 0.6) is 5.75 Å². The predicted octanol–water partition coefficient (Wildman–Crippen LogP) is 2.48. The van der Waals surface area contributed by atoms with Gasteiger partial charge in [-0.3, -0.25) is 0 Å². The highest BCUT2D eigenvalue weighted by Crippen LogP contribution is 2.31. The summed E-state index contributed by atoms with van der Waals surface area (Å²) in [5.41, 5.74) is 8.96. The average Bonchev–Trinajstić information content (AvgIpc) is 2.71. The molecule has 1 aliphatic heterocycles. The summed E-state index contributed by atoms with van der Waals surface area (Å²) < 4.78 is 5.19. The molecule has 0 radical (unpaired) electrons. The minimum absolute atomic E-state index is 0.309. The molecule has 1 aromatic heterocycles. The van der Waals surface area contributed by atoms with Gasteiger partial charge >= 0.3 is 0 Å². The molecule has 20 heavy (non-hydrogen) atoms. The summed E-state index contributed by atoms with van der Waals surface area (Å²) in [6, 6.07) is 7.88. The topological polar surface area (TPSA) is 73.1 Å². The van der Waals surface area contributed by atoms with Gasteiger partial charge in [0, 0.05) is 17.7 Å². The first-order valence-electron chi connectivity index (χ1n) is 6.82. The highest BCUT2D eigenvalue weighted by Gasteiger charge is 2.17. The number of rotatable bonds is 2. The Hall–Kier alpha value is -2.30. The molecule has 2 heterocycles. The lowest BCUT2D eigenvalue weighted by Gasteiger charge is -2.12. The number of aromatic nitrogens is 2. The van der Waals surface area contributed by atoms with Crippen molar-refractivity contribution in [2.75, 3.05) is 24.7 Å². The molecule has 0 unspecified atom stereocenters. The fourth-order valence-electron chi connectivity index (χ4n) is 2.51. The second-order valence-electron chi connectivity index (χ2n) is 4.87. The number of methoxy groups -OCH3 is 1. The summed E-state index contributed by atoms with van der Waals surface area (Å²) in [4.78, 5) is 8.76. The van der Waals surface area contributed by atoms with Crippen LogP contribution in [-0.2, 0) is 6.42 Å². The lowest BCUT2D eigenvalue weighted by Crippen LogP contribution is -2.07. The van der Waals surface area contributed by atoms with Crippen LogP contribution in [0.25, 0.3) is 11.3 Å². The van der Waals surface area contributed by atoms with Gasteiger partial charge in [0.25, 0.3) is 0 Å². The Bertz CT molecular complexity index is 610. The molecule has 5 heteroatoms. The standard InChI is InChI=1S/C15H18N4O/c1-20-11-7-5-10(6-8-11)13-12-4-2-3-9-17-14(12)19-15(16)18-13/h5-8H,2-4,9H2,1H3,(H3,16,17,18,19). The van der Waals surface area contributed by atoms with E-state index in [4.69, 9.17) is 10.5 Å². The average molecular weight is 270 g/mol. The van der Waals surface area contributed by atoms with Crippen LogP contribution in [0.4, 0.5) is 11.8 Å². The van der Waals surface area contributed by atoms with Gasteiger partial charge in [0.15, 0.2) is 0 Å².